The lowest BCUT2D eigenvalue weighted by Crippen LogP contribution is -2.60. The molecule has 1 unspecified atom stereocenters. The Morgan fingerprint density at radius 2 is 2.12 bits per heavy atom. The highest BCUT2D eigenvalue weighted by Crippen LogP contribution is 2.43. The zero-order valence-corrected chi connectivity index (χ0v) is 14.3. The van der Waals surface area contributed by atoms with Crippen LogP contribution in [0, 0.1) is 0 Å². The monoisotopic (exact) mass is 338 g/mol. The summed E-state index contributed by atoms with van der Waals surface area (Å²) in [4.78, 5) is 31.4. The number of carbonyl (C=O) groups is 2. The van der Waals surface area contributed by atoms with Crippen LogP contribution in [0.25, 0.3) is 10.9 Å². The fourth-order valence-electron chi connectivity index (χ4n) is 5.06. The number of imide groups is 1. The van der Waals surface area contributed by atoms with E-state index >= 15 is 0 Å². The van der Waals surface area contributed by atoms with Crippen molar-refractivity contribution in [1.29, 1.82) is 0 Å². The number of amides is 3. The van der Waals surface area contributed by atoms with E-state index in [1.807, 2.05) is 4.90 Å². The van der Waals surface area contributed by atoms with Gasteiger partial charge in [-0.3, -0.25) is 10.1 Å². The van der Waals surface area contributed by atoms with E-state index in [4.69, 9.17) is 0 Å². The Labute approximate surface area is 146 Å². The van der Waals surface area contributed by atoms with E-state index in [2.05, 4.69) is 46.6 Å². The van der Waals surface area contributed by atoms with Crippen LogP contribution in [0.15, 0.2) is 24.4 Å². The molecule has 0 radical (unpaired) electrons. The third-order valence-corrected chi connectivity index (χ3v) is 6.23. The Morgan fingerprint density at radius 3 is 2.96 bits per heavy atom. The Bertz CT molecular complexity index is 873. The number of likely N-dealkylation sites (N-methyl/N-ethyl adjacent to an activating group) is 1. The summed E-state index contributed by atoms with van der Waals surface area (Å²) < 4.78 is 0. The summed E-state index contributed by atoms with van der Waals surface area (Å²) in [6, 6.07) is 6.89. The van der Waals surface area contributed by atoms with Crippen LogP contribution >= 0.6 is 0 Å². The van der Waals surface area contributed by atoms with Gasteiger partial charge in [0, 0.05) is 54.6 Å². The highest BCUT2D eigenvalue weighted by Gasteiger charge is 2.42. The number of piperidine rings is 1. The van der Waals surface area contributed by atoms with Gasteiger partial charge in [0.1, 0.15) is 0 Å². The van der Waals surface area contributed by atoms with Gasteiger partial charge < -0.3 is 14.8 Å². The molecule has 2 fully saturated rings. The molecule has 3 atom stereocenters. The Balaban J connectivity index is 1.50. The number of benzene rings is 1. The first-order valence-electron chi connectivity index (χ1n) is 9.01. The Morgan fingerprint density at radius 1 is 1.24 bits per heavy atom. The number of aromatic nitrogens is 1. The van der Waals surface area contributed by atoms with Gasteiger partial charge in [-0.05, 0) is 37.1 Å². The molecule has 25 heavy (non-hydrogen) atoms. The second kappa shape index (κ2) is 5.33. The van der Waals surface area contributed by atoms with Crippen LogP contribution in [0.1, 0.15) is 29.9 Å². The maximum atomic E-state index is 12.3. The third-order valence-electron chi connectivity index (χ3n) is 6.23. The number of rotatable bonds is 1. The number of nitrogens with one attached hydrogen (secondary N) is 2. The number of carbonyl (C=O) groups excluding carboxylic acids is 2. The first-order chi connectivity index (χ1) is 12.1. The molecule has 0 saturated carbocycles. The van der Waals surface area contributed by atoms with Crippen molar-refractivity contribution in [3.8, 4) is 0 Å². The number of likely N-dealkylation sites (tertiary alicyclic amines) is 1. The van der Waals surface area contributed by atoms with Gasteiger partial charge in [-0.25, -0.2) is 4.79 Å². The molecule has 3 amide bonds. The van der Waals surface area contributed by atoms with Crippen LogP contribution in [0.5, 0.6) is 0 Å². The second-order valence-electron chi connectivity index (χ2n) is 7.59. The van der Waals surface area contributed by atoms with Crippen molar-refractivity contribution >= 4 is 22.8 Å². The van der Waals surface area contributed by atoms with Gasteiger partial charge in [-0.2, -0.15) is 0 Å². The normalized spacial score (nSPS) is 29.6. The van der Waals surface area contributed by atoms with Crippen molar-refractivity contribution in [2.75, 3.05) is 20.1 Å². The van der Waals surface area contributed by atoms with Crippen molar-refractivity contribution in [2.45, 2.75) is 37.3 Å². The Hall–Kier alpha value is -2.34. The molecule has 1 aliphatic carbocycles. The van der Waals surface area contributed by atoms with E-state index in [1.54, 1.807) is 0 Å². The van der Waals surface area contributed by atoms with Gasteiger partial charge in [0.15, 0.2) is 0 Å². The molecular weight excluding hydrogens is 316 g/mol. The zero-order chi connectivity index (χ0) is 17.1. The quantitative estimate of drug-likeness (QED) is 0.833. The predicted molar refractivity (Wildman–Crippen MR) is 94.4 cm³/mol. The lowest BCUT2D eigenvalue weighted by Gasteiger charge is -2.48. The predicted octanol–water partition coefficient (Wildman–Crippen LogP) is 1.82. The van der Waals surface area contributed by atoms with Crippen LogP contribution < -0.4 is 5.32 Å². The van der Waals surface area contributed by atoms with Gasteiger partial charge in [0.05, 0.1) is 0 Å². The van der Waals surface area contributed by atoms with E-state index in [1.165, 1.54) is 22.0 Å². The SMILES string of the molecule is CN1C[C@H](N2CCC(=O)NC2=O)CC2c3cccc4[nH]cc(c34)C[C@H]21. The zero-order valence-electron chi connectivity index (χ0n) is 14.3. The minimum atomic E-state index is -0.232. The van der Waals surface area contributed by atoms with Crippen molar-refractivity contribution in [2.24, 2.45) is 0 Å². The molecule has 2 aliphatic heterocycles. The fraction of sp³-hybridized carbons (Fsp3) is 0.474. The maximum Gasteiger partial charge on any atom is 0.324 e. The van der Waals surface area contributed by atoms with Crippen molar-refractivity contribution in [3.05, 3.63) is 35.5 Å². The van der Waals surface area contributed by atoms with Crippen molar-refractivity contribution in [3.63, 3.8) is 0 Å². The number of hydrogen-bond acceptors (Lipinski definition) is 3. The van der Waals surface area contributed by atoms with Crippen LogP contribution in [0.3, 0.4) is 0 Å². The molecule has 2 saturated heterocycles. The summed E-state index contributed by atoms with van der Waals surface area (Å²) in [6.45, 7) is 1.39. The molecule has 5 rings (SSSR count). The molecule has 6 nitrogen and oxygen atoms in total. The molecular formula is C19H22N4O2. The van der Waals surface area contributed by atoms with E-state index in [0.29, 0.717) is 24.9 Å². The highest BCUT2D eigenvalue weighted by molar-refractivity contribution is 5.96. The van der Waals surface area contributed by atoms with E-state index in [9.17, 15) is 9.59 Å². The second-order valence-corrected chi connectivity index (χ2v) is 7.59. The molecule has 3 heterocycles. The maximum absolute atomic E-state index is 12.3. The third kappa shape index (κ3) is 2.20. The van der Waals surface area contributed by atoms with Crippen LogP contribution in [-0.2, 0) is 11.2 Å². The summed E-state index contributed by atoms with van der Waals surface area (Å²) in [5.41, 5.74) is 4.01. The number of fused-ring (bicyclic) bond motifs is 2. The van der Waals surface area contributed by atoms with Crippen molar-refractivity contribution in [1.82, 2.24) is 20.1 Å². The lowest BCUT2D eigenvalue weighted by molar-refractivity contribution is -0.121. The summed E-state index contributed by atoms with van der Waals surface area (Å²) in [7, 11) is 2.16. The standard InChI is InChI=1S/C19H22N4O2/c1-22-10-12(23-6-5-17(24)21-19(23)25)8-14-13-3-2-4-15-18(13)11(9-20-15)7-16(14)22/h2-4,9,12,14,16,20H,5-8,10H2,1H3,(H,21,24,25)/t12-,14?,16-/m1/s1. The highest BCUT2D eigenvalue weighted by atomic mass is 16.2. The molecule has 1 aromatic heterocycles. The van der Waals surface area contributed by atoms with Gasteiger partial charge >= 0.3 is 6.03 Å². The summed E-state index contributed by atoms with van der Waals surface area (Å²) in [5, 5.41) is 3.84. The summed E-state index contributed by atoms with van der Waals surface area (Å²) in [5.74, 6) is 0.254. The number of H-pyrrole nitrogens is 1. The number of nitrogens with zero attached hydrogens (tertiary/aromatic N) is 2. The van der Waals surface area contributed by atoms with Gasteiger partial charge in [0.2, 0.25) is 5.91 Å². The van der Waals surface area contributed by atoms with E-state index < -0.39 is 0 Å². The van der Waals surface area contributed by atoms with Gasteiger partial charge in [0.25, 0.3) is 0 Å². The number of urea groups is 1. The molecule has 1 aromatic carbocycles. The molecule has 2 N–H and O–H groups in total. The molecule has 6 heteroatoms. The van der Waals surface area contributed by atoms with Crippen LogP contribution in [0.4, 0.5) is 4.79 Å². The summed E-state index contributed by atoms with van der Waals surface area (Å²) >= 11 is 0. The minimum absolute atomic E-state index is 0.148. The molecule has 2 aromatic rings. The molecule has 0 bridgehead atoms. The van der Waals surface area contributed by atoms with Crippen LogP contribution in [-0.4, -0.2) is 58.9 Å². The topological polar surface area (TPSA) is 68.4 Å². The number of hydrogen-bond donors (Lipinski definition) is 2. The average molecular weight is 338 g/mol. The smallest absolute Gasteiger partial charge is 0.324 e. The van der Waals surface area contributed by atoms with Gasteiger partial charge in [-0.15, -0.1) is 0 Å². The first kappa shape index (κ1) is 15.0. The molecule has 130 valence electrons. The lowest BCUT2D eigenvalue weighted by atomic mass is 9.74. The molecule has 3 aliphatic rings. The van der Waals surface area contributed by atoms with Gasteiger partial charge in [-0.1, -0.05) is 12.1 Å². The van der Waals surface area contributed by atoms with Crippen molar-refractivity contribution < 1.29 is 9.59 Å². The fourth-order valence-corrected chi connectivity index (χ4v) is 5.06. The van der Waals surface area contributed by atoms with E-state index in [0.717, 1.165) is 19.4 Å². The molecule has 0 spiro atoms. The summed E-state index contributed by atoms with van der Waals surface area (Å²) in [6.07, 6.45) is 4.56. The Kier molecular flexibility index (Phi) is 3.19. The van der Waals surface area contributed by atoms with E-state index in [-0.39, 0.29) is 18.0 Å². The first-order valence-corrected chi connectivity index (χ1v) is 9.01. The average Bonchev–Trinajstić information content (AvgIpc) is 3.00. The van der Waals surface area contributed by atoms with Crippen LogP contribution in [0.2, 0.25) is 0 Å². The minimum Gasteiger partial charge on any atom is -0.361 e. The largest absolute Gasteiger partial charge is 0.361 e. The number of aromatic amines is 1.